The number of hydrazine groups is 1. The summed E-state index contributed by atoms with van der Waals surface area (Å²) in [5, 5.41) is 0. The van der Waals surface area contributed by atoms with Gasteiger partial charge in [-0.25, -0.2) is 5.84 Å². The van der Waals surface area contributed by atoms with Crippen LogP contribution in [0.3, 0.4) is 0 Å². The number of nitrogens with two attached hydrogens (primary N) is 1. The van der Waals surface area contributed by atoms with Gasteiger partial charge in [0.05, 0.1) is 13.2 Å². The second-order valence-electron chi connectivity index (χ2n) is 3.78. The van der Waals surface area contributed by atoms with E-state index in [0.29, 0.717) is 19.6 Å². The predicted octanol–water partition coefficient (Wildman–Crippen LogP) is 1.62. The number of ether oxygens (including phenoxy) is 2. The fourth-order valence-corrected chi connectivity index (χ4v) is 1.47. The molecule has 0 fully saturated rings. The Morgan fingerprint density at radius 3 is 2.67 bits per heavy atom. The molecule has 5 heteroatoms. The van der Waals surface area contributed by atoms with Crippen LogP contribution < -0.4 is 20.7 Å². The molecule has 0 radical (unpaired) electrons. The molecule has 0 saturated carbocycles. The molecule has 0 unspecified atom stereocenters. The predicted molar refractivity (Wildman–Crippen MR) is 69.3 cm³/mol. The summed E-state index contributed by atoms with van der Waals surface area (Å²) in [5.41, 5.74) is 2.10. The topological polar surface area (TPSA) is 73.6 Å². The molecule has 0 spiro atoms. The van der Waals surface area contributed by atoms with Crippen molar-refractivity contribution in [2.24, 2.45) is 5.84 Å². The highest BCUT2D eigenvalue weighted by Gasteiger charge is 1.99. The number of hydrogen-bond donors (Lipinski definition) is 2. The molecule has 0 heterocycles. The van der Waals surface area contributed by atoms with Crippen LogP contribution in [0.1, 0.15) is 26.2 Å². The molecule has 0 aromatic heterocycles. The van der Waals surface area contributed by atoms with E-state index in [2.05, 4.69) is 5.43 Å². The molecular formula is C13H20N2O3. The summed E-state index contributed by atoms with van der Waals surface area (Å²) < 4.78 is 10.9. The fraction of sp³-hybridized carbons (Fsp3) is 0.462. The molecule has 0 aliphatic heterocycles. The fourth-order valence-electron chi connectivity index (χ4n) is 1.47. The Kier molecular flexibility index (Phi) is 6.64. The summed E-state index contributed by atoms with van der Waals surface area (Å²) in [4.78, 5) is 10.9. The van der Waals surface area contributed by atoms with Gasteiger partial charge in [0, 0.05) is 12.5 Å². The van der Waals surface area contributed by atoms with Crippen molar-refractivity contribution in [1.29, 1.82) is 0 Å². The van der Waals surface area contributed by atoms with Crippen LogP contribution in [0.4, 0.5) is 0 Å². The largest absolute Gasteiger partial charge is 0.494 e. The van der Waals surface area contributed by atoms with E-state index >= 15 is 0 Å². The van der Waals surface area contributed by atoms with E-state index in [1.807, 2.05) is 31.2 Å². The summed E-state index contributed by atoms with van der Waals surface area (Å²) in [6.45, 7) is 3.15. The molecule has 0 bridgehead atoms. The molecule has 1 aromatic carbocycles. The summed E-state index contributed by atoms with van der Waals surface area (Å²) >= 11 is 0. The first-order chi connectivity index (χ1) is 8.76. The van der Waals surface area contributed by atoms with Crippen LogP contribution >= 0.6 is 0 Å². The van der Waals surface area contributed by atoms with Crippen molar-refractivity contribution in [2.75, 3.05) is 13.2 Å². The first-order valence-corrected chi connectivity index (χ1v) is 6.11. The molecule has 1 rings (SSSR count). The smallest absolute Gasteiger partial charge is 0.233 e. The van der Waals surface area contributed by atoms with Crippen LogP contribution in [0, 0.1) is 0 Å². The molecule has 0 atom stereocenters. The lowest BCUT2D eigenvalue weighted by atomic mass is 10.2. The number of benzene rings is 1. The van der Waals surface area contributed by atoms with Gasteiger partial charge < -0.3 is 9.47 Å². The molecule has 3 N–H and O–H groups in total. The average molecular weight is 252 g/mol. The highest BCUT2D eigenvalue weighted by molar-refractivity contribution is 5.75. The molecule has 1 amide bonds. The maximum Gasteiger partial charge on any atom is 0.233 e. The summed E-state index contributed by atoms with van der Waals surface area (Å²) in [6.07, 6.45) is 2.00. The number of nitrogens with one attached hydrogen (secondary N) is 1. The van der Waals surface area contributed by atoms with Crippen molar-refractivity contribution in [2.45, 2.75) is 26.2 Å². The Balaban J connectivity index is 2.22. The molecule has 0 aliphatic carbocycles. The number of unbranched alkanes of at least 4 members (excludes halogenated alkanes) is 1. The number of hydrogen-bond acceptors (Lipinski definition) is 4. The summed E-state index contributed by atoms with van der Waals surface area (Å²) in [6, 6.07) is 7.52. The molecule has 5 nitrogen and oxygen atoms in total. The van der Waals surface area contributed by atoms with Crippen molar-refractivity contribution in [3.05, 3.63) is 24.3 Å². The summed E-state index contributed by atoms with van der Waals surface area (Å²) in [5.74, 6) is 6.42. The van der Waals surface area contributed by atoms with E-state index in [9.17, 15) is 4.79 Å². The Labute approximate surface area is 107 Å². The van der Waals surface area contributed by atoms with Crippen molar-refractivity contribution < 1.29 is 14.3 Å². The van der Waals surface area contributed by atoms with Crippen LogP contribution in [0.25, 0.3) is 0 Å². The molecular weight excluding hydrogens is 232 g/mol. The van der Waals surface area contributed by atoms with Gasteiger partial charge in [-0.2, -0.15) is 0 Å². The molecule has 18 heavy (non-hydrogen) atoms. The highest BCUT2D eigenvalue weighted by Crippen LogP contribution is 2.19. The Morgan fingerprint density at radius 1 is 1.28 bits per heavy atom. The Hall–Kier alpha value is -1.75. The third kappa shape index (κ3) is 5.54. The van der Waals surface area contributed by atoms with E-state index in [1.165, 1.54) is 0 Å². The minimum Gasteiger partial charge on any atom is -0.494 e. The minimum atomic E-state index is -0.145. The first-order valence-electron chi connectivity index (χ1n) is 6.11. The number of carbonyl (C=O) groups excluding carboxylic acids is 1. The molecule has 1 aromatic rings. The van der Waals surface area contributed by atoms with Crippen molar-refractivity contribution in [1.82, 2.24) is 5.43 Å². The standard InChI is InChI=1S/C13H20N2O3/c1-2-17-11-6-5-7-12(10-11)18-9-4-3-8-13(16)15-14/h5-7,10H,2-4,8-9,14H2,1H3,(H,15,16). The Morgan fingerprint density at radius 2 is 2.00 bits per heavy atom. The number of amides is 1. The van der Waals surface area contributed by atoms with Gasteiger partial charge in [-0.15, -0.1) is 0 Å². The van der Waals surface area contributed by atoms with E-state index < -0.39 is 0 Å². The maximum atomic E-state index is 10.9. The lowest BCUT2D eigenvalue weighted by Crippen LogP contribution is -2.29. The van der Waals surface area contributed by atoms with E-state index in [1.54, 1.807) is 0 Å². The van der Waals surface area contributed by atoms with Gasteiger partial charge in [-0.3, -0.25) is 10.2 Å². The maximum absolute atomic E-state index is 10.9. The Bertz CT molecular complexity index is 369. The van der Waals surface area contributed by atoms with Crippen LogP contribution in [-0.4, -0.2) is 19.1 Å². The van der Waals surface area contributed by atoms with Crippen molar-refractivity contribution in [3.8, 4) is 11.5 Å². The highest BCUT2D eigenvalue weighted by atomic mass is 16.5. The zero-order valence-corrected chi connectivity index (χ0v) is 10.6. The zero-order chi connectivity index (χ0) is 13.2. The molecule has 100 valence electrons. The third-order valence-electron chi connectivity index (χ3n) is 2.34. The van der Waals surface area contributed by atoms with Crippen LogP contribution in [0.5, 0.6) is 11.5 Å². The normalized spacial score (nSPS) is 9.89. The van der Waals surface area contributed by atoms with Gasteiger partial charge in [0.1, 0.15) is 11.5 Å². The van der Waals surface area contributed by atoms with Crippen LogP contribution in [-0.2, 0) is 4.79 Å². The summed E-state index contributed by atoms with van der Waals surface area (Å²) in [7, 11) is 0. The van der Waals surface area contributed by atoms with E-state index in [0.717, 1.165) is 24.3 Å². The van der Waals surface area contributed by atoms with Gasteiger partial charge in [-0.05, 0) is 31.9 Å². The number of rotatable bonds is 8. The minimum absolute atomic E-state index is 0.145. The zero-order valence-electron chi connectivity index (χ0n) is 10.6. The second kappa shape index (κ2) is 8.36. The second-order valence-corrected chi connectivity index (χ2v) is 3.78. The first kappa shape index (κ1) is 14.3. The number of carbonyl (C=O) groups is 1. The monoisotopic (exact) mass is 252 g/mol. The van der Waals surface area contributed by atoms with Crippen LogP contribution in [0.15, 0.2) is 24.3 Å². The van der Waals surface area contributed by atoms with Crippen molar-refractivity contribution in [3.63, 3.8) is 0 Å². The van der Waals surface area contributed by atoms with Crippen molar-refractivity contribution >= 4 is 5.91 Å². The van der Waals surface area contributed by atoms with Gasteiger partial charge in [0.25, 0.3) is 0 Å². The average Bonchev–Trinajstić information content (AvgIpc) is 2.39. The van der Waals surface area contributed by atoms with Gasteiger partial charge >= 0.3 is 0 Å². The lowest BCUT2D eigenvalue weighted by molar-refractivity contribution is -0.121. The van der Waals surface area contributed by atoms with Gasteiger partial charge in [-0.1, -0.05) is 6.07 Å². The van der Waals surface area contributed by atoms with Gasteiger partial charge in [0.15, 0.2) is 0 Å². The van der Waals surface area contributed by atoms with Crippen LogP contribution in [0.2, 0.25) is 0 Å². The SMILES string of the molecule is CCOc1cccc(OCCCCC(=O)NN)c1. The van der Waals surface area contributed by atoms with E-state index in [4.69, 9.17) is 15.3 Å². The van der Waals surface area contributed by atoms with E-state index in [-0.39, 0.29) is 5.91 Å². The molecule has 0 aliphatic rings. The quantitative estimate of drug-likeness (QED) is 0.319. The third-order valence-corrected chi connectivity index (χ3v) is 2.34. The van der Waals surface area contributed by atoms with Gasteiger partial charge in [0.2, 0.25) is 5.91 Å². The molecule has 0 saturated heterocycles. The lowest BCUT2D eigenvalue weighted by Gasteiger charge is -2.08.